The molecule has 0 aliphatic heterocycles. The number of carbonyl (C=O) groups is 3. The highest BCUT2D eigenvalue weighted by Gasteiger charge is 2.26. The fraction of sp³-hybridized carbons (Fsp3) is 0.357. The molecule has 6 heteroatoms. The van der Waals surface area contributed by atoms with E-state index in [-0.39, 0.29) is 5.92 Å². The highest BCUT2D eigenvalue weighted by molar-refractivity contribution is 6.40. The van der Waals surface area contributed by atoms with Crippen LogP contribution in [0.25, 0.3) is 0 Å². The number of nitrogens with one attached hydrogen (secondary N) is 2. The summed E-state index contributed by atoms with van der Waals surface area (Å²) in [4.78, 5) is 34.3. The average molecular weight is 278 g/mol. The minimum absolute atomic E-state index is 0.316. The van der Waals surface area contributed by atoms with Crippen LogP contribution in [0.15, 0.2) is 24.3 Å². The number of amides is 2. The van der Waals surface area contributed by atoms with Gasteiger partial charge in [0.15, 0.2) is 0 Å². The molecule has 108 valence electrons. The van der Waals surface area contributed by atoms with Crippen LogP contribution in [0, 0.1) is 12.8 Å². The van der Waals surface area contributed by atoms with E-state index in [0.717, 1.165) is 5.56 Å². The van der Waals surface area contributed by atoms with E-state index in [0.29, 0.717) is 5.69 Å². The van der Waals surface area contributed by atoms with Gasteiger partial charge in [0.2, 0.25) is 0 Å². The quantitative estimate of drug-likeness (QED) is 0.720. The third-order valence-electron chi connectivity index (χ3n) is 2.73. The van der Waals surface area contributed by atoms with Crippen molar-refractivity contribution in [1.29, 1.82) is 0 Å². The molecule has 1 aromatic carbocycles. The summed E-state index contributed by atoms with van der Waals surface area (Å²) in [5, 5.41) is 13.6. The molecule has 0 aliphatic rings. The van der Waals surface area contributed by atoms with Crippen molar-refractivity contribution in [3.8, 4) is 0 Å². The number of benzene rings is 1. The SMILES string of the molecule is Cc1ccc(NC(=O)C(=O)N[C@H](C(=O)O)C(C)C)cc1. The van der Waals surface area contributed by atoms with E-state index in [2.05, 4.69) is 10.6 Å². The molecule has 1 atom stereocenters. The average Bonchev–Trinajstić information content (AvgIpc) is 2.37. The zero-order valence-electron chi connectivity index (χ0n) is 11.6. The molecule has 6 nitrogen and oxygen atoms in total. The number of aryl methyl sites for hydroxylation is 1. The standard InChI is InChI=1S/C14H18N2O4/c1-8(2)11(14(19)20)16-13(18)12(17)15-10-6-4-9(3)5-7-10/h4-8,11H,1-3H3,(H,15,17)(H,16,18)(H,19,20)/t11-/m0/s1. The van der Waals surface area contributed by atoms with E-state index in [1.807, 2.05) is 6.92 Å². The molecule has 0 unspecified atom stereocenters. The largest absolute Gasteiger partial charge is 0.480 e. The van der Waals surface area contributed by atoms with Crippen molar-refractivity contribution in [2.75, 3.05) is 5.32 Å². The summed E-state index contributed by atoms with van der Waals surface area (Å²) in [5.74, 6) is -3.34. The Balaban J connectivity index is 2.65. The molecule has 20 heavy (non-hydrogen) atoms. The van der Waals surface area contributed by atoms with Crippen molar-refractivity contribution in [2.45, 2.75) is 26.8 Å². The summed E-state index contributed by atoms with van der Waals surface area (Å²) in [6, 6.07) is 5.82. The van der Waals surface area contributed by atoms with E-state index in [9.17, 15) is 14.4 Å². The summed E-state index contributed by atoms with van der Waals surface area (Å²) in [5.41, 5.74) is 1.50. The highest BCUT2D eigenvalue weighted by atomic mass is 16.4. The van der Waals surface area contributed by atoms with Gasteiger partial charge in [-0.05, 0) is 25.0 Å². The Hall–Kier alpha value is -2.37. The monoisotopic (exact) mass is 278 g/mol. The van der Waals surface area contributed by atoms with Gasteiger partial charge in [0.25, 0.3) is 0 Å². The minimum Gasteiger partial charge on any atom is -0.480 e. The second kappa shape index (κ2) is 6.70. The third kappa shape index (κ3) is 4.38. The van der Waals surface area contributed by atoms with Crippen LogP contribution in [0.2, 0.25) is 0 Å². The van der Waals surface area contributed by atoms with Crippen molar-refractivity contribution < 1.29 is 19.5 Å². The van der Waals surface area contributed by atoms with Crippen molar-refractivity contribution in [3.63, 3.8) is 0 Å². The normalized spacial score (nSPS) is 11.8. The van der Waals surface area contributed by atoms with Crippen molar-refractivity contribution in [2.24, 2.45) is 5.92 Å². The van der Waals surface area contributed by atoms with Gasteiger partial charge in [0.1, 0.15) is 6.04 Å². The number of carboxylic acids is 1. The smallest absolute Gasteiger partial charge is 0.326 e. The summed E-state index contributed by atoms with van der Waals surface area (Å²) >= 11 is 0. The summed E-state index contributed by atoms with van der Waals surface area (Å²) in [6.45, 7) is 5.20. The first-order valence-electron chi connectivity index (χ1n) is 6.22. The number of rotatable bonds is 4. The van der Waals surface area contributed by atoms with Crippen LogP contribution in [-0.4, -0.2) is 28.9 Å². The number of carboxylic acid groups (broad SMARTS) is 1. The zero-order valence-corrected chi connectivity index (χ0v) is 11.6. The van der Waals surface area contributed by atoms with Gasteiger partial charge >= 0.3 is 17.8 Å². The molecule has 0 aromatic heterocycles. The zero-order chi connectivity index (χ0) is 15.3. The summed E-state index contributed by atoms with van der Waals surface area (Å²) < 4.78 is 0. The number of anilines is 1. The van der Waals surface area contributed by atoms with Crippen LogP contribution >= 0.6 is 0 Å². The third-order valence-corrected chi connectivity index (χ3v) is 2.73. The van der Waals surface area contributed by atoms with Gasteiger partial charge in [-0.1, -0.05) is 31.5 Å². The Morgan fingerprint density at radius 2 is 1.60 bits per heavy atom. The molecular formula is C14H18N2O4. The molecule has 0 saturated heterocycles. The van der Waals surface area contributed by atoms with Crippen molar-refractivity contribution >= 4 is 23.5 Å². The minimum atomic E-state index is -1.17. The predicted octanol–water partition coefficient (Wildman–Crippen LogP) is 1.16. The summed E-state index contributed by atoms with van der Waals surface area (Å²) in [7, 11) is 0. The molecule has 0 fully saturated rings. The molecule has 0 heterocycles. The summed E-state index contributed by atoms with van der Waals surface area (Å²) in [6.07, 6.45) is 0. The molecule has 2 amide bonds. The number of carbonyl (C=O) groups excluding carboxylic acids is 2. The number of hydrogen-bond acceptors (Lipinski definition) is 3. The number of hydrogen-bond donors (Lipinski definition) is 3. The first-order valence-corrected chi connectivity index (χ1v) is 6.22. The molecule has 0 spiro atoms. The van der Waals surface area contributed by atoms with Crippen LogP contribution in [0.4, 0.5) is 5.69 Å². The molecule has 0 saturated carbocycles. The van der Waals surface area contributed by atoms with Gasteiger partial charge in [-0.2, -0.15) is 0 Å². The highest BCUT2D eigenvalue weighted by Crippen LogP contribution is 2.08. The molecule has 0 aliphatic carbocycles. The topological polar surface area (TPSA) is 95.5 Å². The van der Waals surface area contributed by atoms with Crippen molar-refractivity contribution in [3.05, 3.63) is 29.8 Å². The fourth-order valence-corrected chi connectivity index (χ4v) is 1.55. The Morgan fingerprint density at radius 1 is 1.05 bits per heavy atom. The van der Waals surface area contributed by atoms with Gasteiger partial charge in [-0.15, -0.1) is 0 Å². The van der Waals surface area contributed by atoms with E-state index in [4.69, 9.17) is 5.11 Å². The number of aliphatic carboxylic acids is 1. The predicted molar refractivity (Wildman–Crippen MR) is 74.2 cm³/mol. The Labute approximate surface area is 117 Å². The van der Waals surface area contributed by atoms with Crippen LogP contribution in [0.1, 0.15) is 19.4 Å². The lowest BCUT2D eigenvalue weighted by Gasteiger charge is -2.17. The molecule has 0 bridgehead atoms. The second-order valence-electron chi connectivity index (χ2n) is 4.85. The Morgan fingerprint density at radius 3 is 2.05 bits per heavy atom. The molecule has 0 radical (unpaired) electrons. The van der Waals surface area contributed by atoms with Gasteiger partial charge in [-0.25, -0.2) is 4.79 Å². The molecule has 3 N–H and O–H groups in total. The lowest BCUT2D eigenvalue weighted by molar-refractivity contribution is -0.144. The second-order valence-corrected chi connectivity index (χ2v) is 4.85. The fourth-order valence-electron chi connectivity index (χ4n) is 1.55. The Bertz CT molecular complexity index is 508. The Kier molecular flexibility index (Phi) is 5.25. The van der Waals surface area contributed by atoms with Crippen LogP contribution in [0.5, 0.6) is 0 Å². The molecule has 1 rings (SSSR count). The van der Waals surface area contributed by atoms with E-state index < -0.39 is 23.8 Å². The van der Waals surface area contributed by atoms with Gasteiger partial charge in [0, 0.05) is 5.69 Å². The van der Waals surface area contributed by atoms with Gasteiger partial charge < -0.3 is 15.7 Å². The maximum Gasteiger partial charge on any atom is 0.326 e. The van der Waals surface area contributed by atoms with Crippen molar-refractivity contribution in [1.82, 2.24) is 5.32 Å². The first-order chi connectivity index (χ1) is 9.31. The first kappa shape index (κ1) is 15.7. The van der Waals surface area contributed by atoms with E-state index in [1.54, 1.807) is 38.1 Å². The van der Waals surface area contributed by atoms with Gasteiger partial charge in [-0.3, -0.25) is 9.59 Å². The van der Waals surface area contributed by atoms with E-state index in [1.165, 1.54) is 0 Å². The lowest BCUT2D eigenvalue weighted by atomic mass is 10.0. The molecular weight excluding hydrogens is 260 g/mol. The maximum absolute atomic E-state index is 11.7. The maximum atomic E-state index is 11.7. The van der Waals surface area contributed by atoms with E-state index >= 15 is 0 Å². The van der Waals surface area contributed by atoms with Crippen LogP contribution in [0.3, 0.4) is 0 Å². The van der Waals surface area contributed by atoms with Gasteiger partial charge in [0.05, 0.1) is 0 Å². The van der Waals surface area contributed by atoms with Crippen LogP contribution in [-0.2, 0) is 14.4 Å². The molecule has 1 aromatic rings. The lowest BCUT2D eigenvalue weighted by Crippen LogP contribution is -2.48. The van der Waals surface area contributed by atoms with Crippen LogP contribution < -0.4 is 10.6 Å².